The predicted molar refractivity (Wildman–Crippen MR) is 95.4 cm³/mol. The van der Waals surface area contributed by atoms with Crippen molar-refractivity contribution in [3.8, 4) is 0 Å². The van der Waals surface area contributed by atoms with Gasteiger partial charge in [0.1, 0.15) is 0 Å². The lowest BCUT2D eigenvalue weighted by atomic mass is 10.3. The Balaban J connectivity index is 1.60. The summed E-state index contributed by atoms with van der Waals surface area (Å²) in [6.07, 6.45) is 0. The van der Waals surface area contributed by atoms with Gasteiger partial charge < -0.3 is 5.32 Å². The molecule has 0 bridgehead atoms. The number of rotatable bonds is 4. The number of carbonyl (C=O) groups excluding carboxylic acids is 1. The maximum atomic E-state index is 12.0. The molecule has 7 heteroatoms. The number of anilines is 1. The summed E-state index contributed by atoms with van der Waals surface area (Å²) in [5, 5.41) is 3.66. The summed E-state index contributed by atoms with van der Waals surface area (Å²) in [6.45, 7) is 0. The summed E-state index contributed by atoms with van der Waals surface area (Å²) >= 11 is 14.8. The molecule has 1 amide bonds. The minimum atomic E-state index is -0.109. The van der Waals surface area contributed by atoms with Gasteiger partial charge in [-0.1, -0.05) is 47.1 Å². The fourth-order valence-corrected chi connectivity index (χ4v) is 3.98. The van der Waals surface area contributed by atoms with Gasteiger partial charge in [-0.2, -0.15) is 0 Å². The van der Waals surface area contributed by atoms with Crippen LogP contribution in [0.25, 0.3) is 10.2 Å². The Kier molecular flexibility index (Phi) is 4.88. The van der Waals surface area contributed by atoms with E-state index in [1.807, 2.05) is 24.3 Å². The number of thiazole rings is 1. The van der Waals surface area contributed by atoms with E-state index in [-0.39, 0.29) is 5.91 Å². The normalized spacial score (nSPS) is 10.8. The lowest BCUT2D eigenvalue weighted by Gasteiger charge is -2.05. The van der Waals surface area contributed by atoms with Crippen LogP contribution < -0.4 is 5.32 Å². The monoisotopic (exact) mass is 368 g/mol. The average Bonchev–Trinajstić information content (AvgIpc) is 2.92. The van der Waals surface area contributed by atoms with Crippen LogP contribution in [0.15, 0.2) is 46.8 Å². The first-order chi connectivity index (χ1) is 10.6. The van der Waals surface area contributed by atoms with Gasteiger partial charge >= 0.3 is 0 Å². The number of fused-ring (bicyclic) bond motifs is 1. The van der Waals surface area contributed by atoms with E-state index >= 15 is 0 Å². The van der Waals surface area contributed by atoms with Gasteiger partial charge in [0, 0.05) is 5.69 Å². The van der Waals surface area contributed by atoms with Crippen molar-refractivity contribution >= 4 is 68.1 Å². The Morgan fingerprint density at radius 2 is 2.00 bits per heavy atom. The highest BCUT2D eigenvalue weighted by molar-refractivity contribution is 8.01. The molecule has 112 valence electrons. The van der Waals surface area contributed by atoms with Crippen LogP contribution in [0.4, 0.5) is 5.69 Å². The SMILES string of the molecule is O=C(CSc1nc2ccccc2s1)Nc1ccc(Cl)c(Cl)c1. The van der Waals surface area contributed by atoms with Gasteiger partial charge in [-0.25, -0.2) is 4.98 Å². The number of halogens is 2. The molecule has 0 saturated heterocycles. The number of hydrogen-bond acceptors (Lipinski definition) is 4. The topological polar surface area (TPSA) is 42.0 Å². The molecule has 1 heterocycles. The highest BCUT2D eigenvalue weighted by Gasteiger charge is 2.08. The zero-order valence-corrected chi connectivity index (χ0v) is 14.3. The fraction of sp³-hybridized carbons (Fsp3) is 0.0667. The van der Waals surface area contributed by atoms with E-state index < -0.39 is 0 Å². The third-order valence-corrected chi connectivity index (χ3v) is 5.72. The van der Waals surface area contributed by atoms with Crippen molar-refractivity contribution in [1.82, 2.24) is 4.98 Å². The van der Waals surface area contributed by atoms with Crippen molar-refractivity contribution in [2.24, 2.45) is 0 Å². The molecular formula is C15H10Cl2N2OS2. The Morgan fingerprint density at radius 3 is 2.77 bits per heavy atom. The quantitative estimate of drug-likeness (QED) is 0.632. The molecule has 3 aromatic rings. The first kappa shape index (κ1) is 15.6. The van der Waals surface area contributed by atoms with Crippen molar-refractivity contribution in [2.45, 2.75) is 4.34 Å². The van der Waals surface area contributed by atoms with Crippen molar-refractivity contribution < 1.29 is 4.79 Å². The molecule has 0 saturated carbocycles. The number of hydrogen-bond donors (Lipinski definition) is 1. The van der Waals surface area contributed by atoms with Gasteiger partial charge in [0.25, 0.3) is 0 Å². The Morgan fingerprint density at radius 1 is 1.18 bits per heavy atom. The van der Waals surface area contributed by atoms with E-state index in [2.05, 4.69) is 10.3 Å². The third-order valence-electron chi connectivity index (χ3n) is 2.80. The van der Waals surface area contributed by atoms with Gasteiger partial charge in [-0.15, -0.1) is 11.3 Å². The minimum absolute atomic E-state index is 0.109. The number of thioether (sulfide) groups is 1. The van der Waals surface area contributed by atoms with E-state index in [0.29, 0.717) is 21.5 Å². The van der Waals surface area contributed by atoms with E-state index in [4.69, 9.17) is 23.2 Å². The zero-order chi connectivity index (χ0) is 15.5. The van der Waals surface area contributed by atoms with Gasteiger partial charge in [0.05, 0.1) is 26.0 Å². The highest BCUT2D eigenvalue weighted by atomic mass is 35.5. The smallest absolute Gasteiger partial charge is 0.234 e. The number of para-hydroxylation sites is 1. The van der Waals surface area contributed by atoms with Crippen molar-refractivity contribution in [2.75, 3.05) is 11.1 Å². The lowest BCUT2D eigenvalue weighted by molar-refractivity contribution is -0.113. The zero-order valence-electron chi connectivity index (χ0n) is 11.2. The van der Waals surface area contributed by atoms with Crippen LogP contribution in [0, 0.1) is 0 Å². The van der Waals surface area contributed by atoms with Crippen LogP contribution >= 0.6 is 46.3 Å². The number of amides is 1. The van der Waals surface area contributed by atoms with Gasteiger partial charge in [-0.05, 0) is 30.3 Å². The summed E-state index contributed by atoms with van der Waals surface area (Å²) in [5.41, 5.74) is 1.59. The van der Waals surface area contributed by atoms with E-state index in [9.17, 15) is 4.79 Å². The van der Waals surface area contributed by atoms with Crippen LogP contribution in [-0.4, -0.2) is 16.6 Å². The molecular weight excluding hydrogens is 359 g/mol. The van der Waals surface area contributed by atoms with E-state index in [1.54, 1.807) is 29.5 Å². The molecule has 1 N–H and O–H groups in total. The maximum absolute atomic E-state index is 12.0. The second kappa shape index (κ2) is 6.87. The summed E-state index contributed by atoms with van der Waals surface area (Å²) in [7, 11) is 0. The van der Waals surface area contributed by atoms with Gasteiger partial charge in [0.15, 0.2) is 4.34 Å². The number of nitrogens with zero attached hydrogens (tertiary/aromatic N) is 1. The molecule has 0 aliphatic rings. The highest BCUT2D eigenvalue weighted by Crippen LogP contribution is 2.29. The number of carbonyl (C=O) groups is 1. The summed E-state index contributed by atoms with van der Waals surface area (Å²) in [5.74, 6) is 0.183. The Hall–Kier alpha value is -1.27. The Bertz CT molecular complexity index is 802. The van der Waals surface area contributed by atoms with E-state index in [0.717, 1.165) is 14.6 Å². The van der Waals surface area contributed by atoms with Gasteiger partial charge in [-0.3, -0.25) is 4.79 Å². The standard InChI is InChI=1S/C15H10Cl2N2OS2/c16-10-6-5-9(7-11(10)17)18-14(20)8-21-15-19-12-3-1-2-4-13(12)22-15/h1-7H,8H2,(H,18,20). The first-order valence-corrected chi connectivity index (χ1v) is 8.91. The summed E-state index contributed by atoms with van der Waals surface area (Å²) in [6, 6.07) is 12.9. The number of aromatic nitrogens is 1. The minimum Gasteiger partial charge on any atom is -0.325 e. The molecule has 1 aromatic heterocycles. The van der Waals surface area contributed by atoms with Crippen molar-refractivity contribution in [3.63, 3.8) is 0 Å². The van der Waals surface area contributed by atoms with E-state index in [1.165, 1.54) is 11.8 Å². The van der Waals surface area contributed by atoms with Crippen LogP contribution in [0.1, 0.15) is 0 Å². The molecule has 0 radical (unpaired) electrons. The molecule has 3 rings (SSSR count). The van der Waals surface area contributed by atoms with Gasteiger partial charge in [0.2, 0.25) is 5.91 Å². The van der Waals surface area contributed by atoms with Crippen molar-refractivity contribution in [3.05, 3.63) is 52.5 Å². The average molecular weight is 369 g/mol. The van der Waals surface area contributed by atoms with Crippen LogP contribution in [0.3, 0.4) is 0 Å². The predicted octanol–water partition coefficient (Wildman–Crippen LogP) is 5.33. The molecule has 3 nitrogen and oxygen atoms in total. The molecule has 0 fully saturated rings. The largest absolute Gasteiger partial charge is 0.325 e. The second-order valence-corrected chi connectivity index (χ2v) is 7.48. The third kappa shape index (κ3) is 3.73. The molecule has 2 aromatic carbocycles. The summed E-state index contributed by atoms with van der Waals surface area (Å²) < 4.78 is 2.00. The van der Waals surface area contributed by atoms with Crippen LogP contribution in [0.5, 0.6) is 0 Å². The molecule has 0 spiro atoms. The Labute approximate surface area is 145 Å². The van der Waals surface area contributed by atoms with Crippen LogP contribution in [0.2, 0.25) is 10.0 Å². The molecule has 0 aliphatic heterocycles. The van der Waals surface area contributed by atoms with Crippen LogP contribution in [-0.2, 0) is 4.79 Å². The summed E-state index contributed by atoms with van der Waals surface area (Å²) in [4.78, 5) is 16.4. The first-order valence-electron chi connectivity index (χ1n) is 6.35. The lowest BCUT2D eigenvalue weighted by Crippen LogP contribution is -2.13. The molecule has 0 aliphatic carbocycles. The van der Waals surface area contributed by atoms with Crippen molar-refractivity contribution in [1.29, 1.82) is 0 Å². The number of benzene rings is 2. The maximum Gasteiger partial charge on any atom is 0.234 e. The second-order valence-electron chi connectivity index (χ2n) is 4.41. The number of nitrogens with one attached hydrogen (secondary N) is 1. The molecule has 22 heavy (non-hydrogen) atoms. The molecule has 0 atom stereocenters. The molecule has 0 unspecified atom stereocenters. The fourth-order valence-electron chi connectivity index (χ4n) is 1.81.